The normalized spacial score (nSPS) is 10.5. The number of halogens is 1. The van der Waals surface area contributed by atoms with Gasteiger partial charge in [0, 0.05) is 10.6 Å². The highest BCUT2D eigenvalue weighted by molar-refractivity contribution is 6.30. The van der Waals surface area contributed by atoms with E-state index in [0.717, 1.165) is 5.56 Å². The Morgan fingerprint density at radius 2 is 1.71 bits per heavy atom. The van der Waals surface area contributed by atoms with Crippen LogP contribution < -0.4 is 0 Å². The van der Waals surface area contributed by atoms with Gasteiger partial charge in [0.2, 0.25) is 0 Å². The van der Waals surface area contributed by atoms with Gasteiger partial charge >= 0.3 is 5.97 Å². The number of benzene rings is 2. The van der Waals surface area contributed by atoms with Crippen LogP contribution in [0, 0.1) is 0 Å². The minimum absolute atomic E-state index is 0.226. The van der Waals surface area contributed by atoms with E-state index in [-0.39, 0.29) is 5.56 Å². The lowest BCUT2D eigenvalue weighted by molar-refractivity contribution is 0.0697. The van der Waals surface area contributed by atoms with Gasteiger partial charge in [-0.05, 0) is 36.4 Å². The molecule has 1 aromatic heterocycles. The SMILES string of the molecule is O=C(O)c1ccc(-n2ncc(-c3ccc(Cl)cc3)n2)cc1. The largest absolute Gasteiger partial charge is 0.478 e. The molecule has 0 bridgehead atoms. The standard InChI is InChI=1S/C15H10ClN3O2/c16-12-5-1-10(2-6-12)14-9-17-19(18-14)13-7-3-11(4-8-13)15(20)21/h1-9H,(H,20,21). The molecular weight excluding hydrogens is 290 g/mol. The molecule has 0 unspecified atom stereocenters. The number of hydrogen-bond donors (Lipinski definition) is 1. The van der Waals surface area contributed by atoms with Crippen LogP contribution in [-0.4, -0.2) is 26.1 Å². The molecule has 0 aliphatic heterocycles. The highest BCUT2D eigenvalue weighted by Gasteiger charge is 2.07. The van der Waals surface area contributed by atoms with Gasteiger partial charge in [-0.2, -0.15) is 9.90 Å². The highest BCUT2D eigenvalue weighted by atomic mass is 35.5. The van der Waals surface area contributed by atoms with Gasteiger partial charge in [0.15, 0.2) is 0 Å². The van der Waals surface area contributed by atoms with Crippen LogP contribution >= 0.6 is 11.6 Å². The van der Waals surface area contributed by atoms with Gasteiger partial charge in [0.1, 0.15) is 5.69 Å². The van der Waals surface area contributed by atoms with E-state index in [1.807, 2.05) is 12.1 Å². The average molecular weight is 300 g/mol. The van der Waals surface area contributed by atoms with Crippen molar-refractivity contribution < 1.29 is 9.90 Å². The zero-order chi connectivity index (χ0) is 14.8. The summed E-state index contributed by atoms with van der Waals surface area (Å²) in [6.07, 6.45) is 1.65. The summed E-state index contributed by atoms with van der Waals surface area (Å²) in [5.41, 5.74) is 2.55. The summed E-state index contributed by atoms with van der Waals surface area (Å²) in [7, 11) is 0. The van der Waals surface area contributed by atoms with Gasteiger partial charge in [0.25, 0.3) is 0 Å². The van der Waals surface area contributed by atoms with Crippen LogP contribution in [0.15, 0.2) is 54.7 Å². The van der Waals surface area contributed by atoms with Crippen molar-refractivity contribution in [3.05, 3.63) is 65.3 Å². The van der Waals surface area contributed by atoms with Gasteiger partial charge < -0.3 is 5.11 Å². The zero-order valence-corrected chi connectivity index (χ0v) is 11.5. The number of hydrogen-bond acceptors (Lipinski definition) is 3. The molecule has 3 aromatic rings. The van der Waals surface area contributed by atoms with Crippen molar-refractivity contribution in [2.24, 2.45) is 0 Å². The molecule has 0 atom stereocenters. The molecule has 0 spiro atoms. The second kappa shape index (κ2) is 5.38. The van der Waals surface area contributed by atoms with Gasteiger partial charge in [-0.15, -0.1) is 5.10 Å². The average Bonchev–Trinajstić information content (AvgIpc) is 2.98. The molecule has 0 radical (unpaired) electrons. The zero-order valence-electron chi connectivity index (χ0n) is 10.8. The van der Waals surface area contributed by atoms with E-state index in [9.17, 15) is 4.79 Å². The van der Waals surface area contributed by atoms with Gasteiger partial charge in [-0.3, -0.25) is 0 Å². The third kappa shape index (κ3) is 2.78. The lowest BCUT2D eigenvalue weighted by Gasteiger charge is -2.00. The lowest BCUT2D eigenvalue weighted by atomic mass is 10.2. The fourth-order valence-electron chi connectivity index (χ4n) is 1.88. The van der Waals surface area contributed by atoms with E-state index in [1.165, 1.54) is 16.9 Å². The Bertz CT molecular complexity index is 779. The fourth-order valence-corrected chi connectivity index (χ4v) is 2.00. The van der Waals surface area contributed by atoms with E-state index in [0.29, 0.717) is 16.4 Å². The first-order valence-electron chi connectivity index (χ1n) is 6.15. The first-order valence-corrected chi connectivity index (χ1v) is 6.53. The molecule has 3 rings (SSSR count). The second-order valence-corrected chi connectivity index (χ2v) is 4.81. The first kappa shape index (κ1) is 13.3. The van der Waals surface area contributed by atoms with Crippen LogP contribution in [0.5, 0.6) is 0 Å². The maximum atomic E-state index is 10.8. The Kier molecular flexibility index (Phi) is 3.41. The summed E-state index contributed by atoms with van der Waals surface area (Å²) in [6.45, 7) is 0. The predicted molar refractivity (Wildman–Crippen MR) is 78.8 cm³/mol. The molecule has 0 amide bonds. The molecule has 0 saturated heterocycles. The summed E-state index contributed by atoms with van der Waals surface area (Å²) in [6, 6.07) is 13.7. The van der Waals surface area contributed by atoms with Gasteiger partial charge in [-0.25, -0.2) is 4.79 Å². The van der Waals surface area contributed by atoms with E-state index in [4.69, 9.17) is 16.7 Å². The molecule has 21 heavy (non-hydrogen) atoms. The van der Waals surface area contributed by atoms with Gasteiger partial charge in [-0.1, -0.05) is 23.7 Å². The lowest BCUT2D eigenvalue weighted by Crippen LogP contribution is -2.01. The van der Waals surface area contributed by atoms with Crippen LogP contribution in [-0.2, 0) is 0 Å². The van der Waals surface area contributed by atoms with Crippen LogP contribution in [0.2, 0.25) is 5.02 Å². The van der Waals surface area contributed by atoms with Crippen molar-refractivity contribution >= 4 is 17.6 Å². The Balaban J connectivity index is 1.90. The molecule has 6 heteroatoms. The number of nitrogens with zero attached hydrogens (tertiary/aromatic N) is 3. The molecule has 1 heterocycles. The Morgan fingerprint density at radius 3 is 2.33 bits per heavy atom. The summed E-state index contributed by atoms with van der Waals surface area (Å²) in [4.78, 5) is 12.3. The third-order valence-corrected chi connectivity index (χ3v) is 3.23. The molecule has 1 N–H and O–H groups in total. The maximum absolute atomic E-state index is 10.8. The number of carbonyl (C=O) groups is 1. The monoisotopic (exact) mass is 299 g/mol. The van der Waals surface area contributed by atoms with Crippen molar-refractivity contribution in [2.75, 3.05) is 0 Å². The Morgan fingerprint density at radius 1 is 1.05 bits per heavy atom. The molecule has 5 nitrogen and oxygen atoms in total. The molecule has 0 aliphatic carbocycles. The van der Waals surface area contributed by atoms with E-state index < -0.39 is 5.97 Å². The predicted octanol–water partition coefficient (Wildman–Crippen LogP) is 3.29. The number of aromatic nitrogens is 3. The smallest absolute Gasteiger partial charge is 0.335 e. The number of carboxylic acids is 1. The van der Waals surface area contributed by atoms with Crippen molar-refractivity contribution in [3.8, 4) is 16.9 Å². The number of rotatable bonds is 3. The first-order chi connectivity index (χ1) is 10.1. The highest BCUT2D eigenvalue weighted by Crippen LogP contribution is 2.19. The molecule has 2 aromatic carbocycles. The van der Waals surface area contributed by atoms with Crippen LogP contribution in [0.25, 0.3) is 16.9 Å². The van der Waals surface area contributed by atoms with E-state index >= 15 is 0 Å². The van der Waals surface area contributed by atoms with Crippen molar-refractivity contribution in [3.63, 3.8) is 0 Å². The van der Waals surface area contributed by atoms with Crippen molar-refractivity contribution in [1.82, 2.24) is 15.0 Å². The Hall–Kier alpha value is -2.66. The third-order valence-electron chi connectivity index (χ3n) is 2.98. The molecule has 0 fully saturated rings. The van der Waals surface area contributed by atoms with Crippen molar-refractivity contribution in [2.45, 2.75) is 0 Å². The van der Waals surface area contributed by atoms with Crippen LogP contribution in [0.3, 0.4) is 0 Å². The van der Waals surface area contributed by atoms with E-state index in [2.05, 4.69) is 10.2 Å². The second-order valence-electron chi connectivity index (χ2n) is 4.38. The molecule has 0 aliphatic rings. The maximum Gasteiger partial charge on any atom is 0.335 e. The number of aromatic carboxylic acids is 1. The fraction of sp³-hybridized carbons (Fsp3) is 0. The molecular formula is C15H10ClN3O2. The minimum Gasteiger partial charge on any atom is -0.478 e. The summed E-state index contributed by atoms with van der Waals surface area (Å²) < 4.78 is 0. The Labute approximate surface area is 125 Å². The topological polar surface area (TPSA) is 68.0 Å². The molecule has 0 saturated carbocycles. The summed E-state index contributed by atoms with van der Waals surface area (Å²) >= 11 is 5.85. The van der Waals surface area contributed by atoms with Crippen molar-refractivity contribution in [1.29, 1.82) is 0 Å². The quantitative estimate of drug-likeness (QED) is 0.806. The summed E-state index contributed by atoms with van der Waals surface area (Å²) in [5, 5.41) is 18.1. The van der Waals surface area contributed by atoms with E-state index in [1.54, 1.807) is 30.5 Å². The molecule has 104 valence electrons. The van der Waals surface area contributed by atoms with Crippen LogP contribution in [0.1, 0.15) is 10.4 Å². The minimum atomic E-state index is -0.961. The summed E-state index contributed by atoms with van der Waals surface area (Å²) in [5.74, 6) is -0.961. The van der Waals surface area contributed by atoms with Crippen LogP contribution in [0.4, 0.5) is 0 Å². The van der Waals surface area contributed by atoms with Gasteiger partial charge in [0.05, 0.1) is 17.4 Å². The number of carboxylic acid groups (broad SMARTS) is 1.